The van der Waals surface area contributed by atoms with Gasteiger partial charge in [-0.1, -0.05) is 129 Å². The average Bonchev–Trinajstić information content (AvgIpc) is 3.24. The Morgan fingerprint density at radius 1 is 0.593 bits per heavy atom. The third-order valence-corrected chi connectivity index (χ3v) is 4.16. The largest absolute Gasteiger partial charge is 0.0985 e. The molecular weight excluding hydrogens is 324 g/mol. The number of benzene rings is 3. The zero-order chi connectivity index (χ0) is 19.3. The minimum absolute atomic E-state index is 1.12. The highest BCUT2D eigenvalue weighted by Gasteiger charge is 2.00. The third-order valence-electron chi connectivity index (χ3n) is 4.16. The van der Waals surface area contributed by atoms with Gasteiger partial charge in [-0.05, 0) is 34.2 Å². The zero-order valence-corrected chi connectivity index (χ0v) is 15.7. The van der Waals surface area contributed by atoms with Gasteiger partial charge in [-0.15, -0.1) is 0 Å². The monoisotopic (exact) mass is 350 g/mol. The minimum Gasteiger partial charge on any atom is -0.0985 e. The van der Waals surface area contributed by atoms with E-state index < -0.39 is 0 Å². The van der Waals surface area contributed by atoms with Gasteiger partial charge in [0.2, 0.25) is 0 Å². The minimum atomic E-state index is 1.12. The maximum atomic E-state index is 3.69. The van der Waals surface area contributed by atoms with E-state index in [0.29, 0.717) is 0 Å². The highest BCUT2D eigenvalue weighted by atomic mass is 14.0. The summed E-state index contributed by atoms with van der Waals surface area (Å²) in [6.07, 6.45) is 11.0. The van der Waals surface area contributed by atoms with Crippen molar-refractivity contribution in [3.05, 3.63) is 132 Å². The van der Waals surface area contributed by atoms with Crippen LogP contribution in [0.5, 0.6) is 0 Å². The van der Waals surface area contributed by atoms with Crippen LogP contribution < -0.4 is 0 Å². The van der Waals surface area contributed by atoms with Crippen LogP contribution >= 0.6 is 0 Å². The maximum absolute atomic E-state index is 3.69. The molecule has 0 nitrogen and oxygen atoms in total. The van der Waals surface area contributed by atoms with Crippen molar-refractivity contribution in [2.24, 2.45) is 0 Å². The molecule has 0 heterocycles. The van der Waals surface area contributed by atoms with Crippen LogP contribution in [0.2, 0.25) is 0 Å². The van der Waals surface area contributed by atoms with Gasteiger partial charge < -0.3 is 0 Å². The molecule has 0 saturated carbocycles. The molecule has 1 aliphatic rings. The second-order valence-corrected chi connectivity index (χ2v) is 5.96. The fourth-order valence-electron chi connectivity index (χ4n) is 2.67. The van der Waals surface area contributed by atoms with Crippen LogP contribution in [0.25, 0.3) is 24.3 Å². The van der Waals surface area contributed by atoms with E-state index in [-0.39, 0.29) is 0 Å². The predicted octanol–water partition coefficient (Wildman–Crippen LogP) is 7.56. The van der Waals surface area contributed by atoms with E-state index in [1.54, 1.807) is 0 Å². The number of allylic oxidation sites excluding steroid dienone is 1. The standard InChI is InChI=1S/C10H10.C9H8.C8H8/c1-3-9-7-5-6-8-10(9)4-2;1-2-5-9-7-3-6-8(9)4-1;1-2-8-6-4-3-5-7-8/h3-8H,1-2H2;1-6H,7H2;2-7H,1H2. The summed E-state index contributed by atoms with van der Waals surface area (Å²) in [4.78, 5) is 0. The normalized spacial score (nSPS) is 10.4. The fourth-order valence-corrected chi connectivity index (χ4v) is 2.67. The molecule has 0 heteroatoms. The number of fused-ring (bicyclic) bond motifs is 1. The van der Waals surface area contributed by atoms with Crippen molar-refractivity contribution in [2.45, 2.75) is 6.42 Å². The molecule has 0 bridgehead atoms. The van der Waals surface area contributed by atoms with Gasteiger partial charge in [0.05, 0.1) is 0 Å². The van der Waals surface area contributed by atoms with E-state index in [4.69, 9.17) is 0 Å². The van der Waals surface area contributed by atoms with Crippen molar-refractivity contribution in [1.82, 2.24) is 0 Å². The molecule has 134 valence electrons. The molecule has 3 aromatic rings. The van der Waals surface area contributed by atoms with Gasteiger partial charge in [-0.3, -0.25) is 0 Å². The lowest BCUT2D eigenvalue weighted by Crippen LogP contribution is -1.76. The summed E-state index contributed by atoms with van der Waals surface area (Å²) in [6, 6.07) is 26.5. The Labute approximate surface area is 163 Å². The molecule has 0 spiro atoms. The Kier molecular flexibility index (Phi) is 8.33. The first-order valence-corrected chi connectivity index (χ1v) is 9.04. The summed E-state index contributed by atoms with van der Waals surface area (Å²) in [5.74, 6) is 0. The van der Waals surface area contributed by atoms with Gasteiger partial charge in [0.15, 0.2) is 0 Å². The van der Waals surface area contributed by atoms with Crippen molar-refractivity contribution in [1.29, 1.82) is 0 Å². The van der Waals surface area contributed by atoms with Crippen molar-refractivity contribution in [3.63, 3.8) is 0 Å². The summed E-state index contributed by atoms with van der Waals surface area (Å²) in [5.41, 5.74) is 6.29. The molecular formula is C27H26. The highest BCUT2D eigenvalue weighted by Crippen LogP contribution is 2.17. The first-order valence-electron chi connectivity index (χ1n) is 9.04. The number of hydrogen-bond acceptors (Lipinski definition) is 0. The van der Waals surface area contributed by atoms with E-state index >= 15 is 0 Å². The van der Waals surface area contributed by atoms with E-state index in [0.717, 1.165) is 17.5 Å². The molecule has 0 unspecified atom stereocenters. The Bertz CT molecular complexity index is 871. The lowest BCUT2D eigenvalue weighted by molar-refractivity contribution is 1.31. The van der Waals surface area contributed by atoms with Gasteiger partial charge in [0.25, 0.3) is 0 Å². The molecule has 27 heavy (non-hydrogen) atoms. The molecule has 0 radical (unpaired) electrons. The van der Waals surface area contributed by atoms with Gasteiger partial charge >= 0.3 is 0 Å². The van der Waals surface area contributed by atoms with Crippen LogP contribution in [-0.4, -0.2) is 0 Å². The Balaban J connectivity index is 0.000000146. The summed E-state index contributed by atoms with van der Waals surface area (Å²) in [6.45, 7) is 11.0. The van der Waals surface area contributed by atoms with Crippen LogP contribution in [0, 0.1) is 0 Å². The molecule has 0 aromatic heterocycles. The van der Waals surface area contributed by atoms with E-state index in [9.17, 15) is 0 Å². The van der Waals surface area contributed by atoms with E-state index in [1.807, 2.05) is 72.8 Å². The maximum Gasteiger partial charge on any atom is -0.00882 e. The Morgan fingerprint density at radius 3 is 1.67 bits per heavy atom. The Morgan fingerprint density at radius 2 is 1.15 bits per heavy atom. The second-order valence-electron chi connectivity index (χ2n) is 5.96. The third kappa shape index (κ3) is 6.45. The van der Waals surface area contributed by atoms with Crippen molar-refractivity contribution < 1.29 is 0 Å². The van der Waals surface area contributed by atoms with Gasteiger partial charge in [0.1, 0.15) is 0 Å². The lowest BCUT2D eigenvalue weighted by Gasteiger charge is -1.96. The number of hydrogen-bond donors (Lipinski definition) is 0. The van der Waals surface area contributed by atoms with Crippen molar-refractivity contribution in [2.75, 3.05) is 0 Å². The highest BCUT2D eigenvalue weighted by molar-refractivity contribution is 5.63. The summed E-state index contributed by atoms with van der Waals surface area (Å²) >= 11 is 0. The molecule has 0 aliphatic heterocycles. The van der Waals surface area contributed by atoms with Crippen molar-refractivity contribution in [3.8, 4) is 0 Å². The topological polar surface area (TPSA) is 0 Å². The fraction of sp³-hybridized carbons (Fsp3) is 0.0370. The van der Waals surface area contributed by atoms with E-state index in [2.05, 4.69) is 56.2 Å². The first kappa shape index (κ1) is 19.9. The first-order chi connectivity index (χ1) is 13.3. The second kappa shape index (κ2) is 11.3. The molecule has 0 N–H and O–H groups in total. The quantitative estimate of drug-likeness (QED) is 0.457. The summed E-state index contributed by atoms with van der Waals surface area (Å²) in [5, 5.41) is 0. The van der Waals surface area contributed by atoms with Crippen molar-refractivity contribution >= 4 is 24.3 Å². The van der Waals surface area contributed by atoms with Crippen LogP contribution in [0.15, 0.2) is 105 Å². The van der Waals surface area contributed by atoms with Crippen LogP contribution in [0.4, 0.5) is 0 Å². The van der Waals surface area contributed by atoms with Gasteiger partial charge in [-0.2, -0.15) is 0 Å². The average molecular weight is 351 g/mol. The molecule has 3 aromatic carbocycles. The van der Waals surface area contributed by atoms with Crippen LogP contribution in [-0.2, 0) is 6.42 Å². The SMILES string of the molecule is C1=Cc2ccccc2C1.C=Cc1ccccc1.C=Cc1ccccc1C=C. The smallest absolute Gasteiger partial charge is 0.00882 e. The summed E-state index contributed by atoms with van der Waals surface area (Å²) < 4.78 is 0. The summed E-state index contributed by atoms with van der Waals surface area (Å²) in [7, 11) is 0. The van der Waals surface area contributed by atoms with Crippen LogP contribution in [0.3, 0.4) is 0 Å². The van der Waals surface area contributed by atoms with E-state index in [1.165, 1.54) is 16.7 Å². The van der Waals surface area contributed by atoms with Gasteiger partial charge in [-0.25, -0.2) is 0 Å². The zero-order valence-electron chi connectivity index (χ0n) is 15.7. The molecule has 0 amide bonds. The molecule has 4 rings (SSSR count). The Hall–Kier alpha value is -3.38. The lowest BCUT2D eigenvalue weighted by atomic mass is 10.1. The van der Waals surface area contributed by atoms with Crippen LogP contribution in [0.1, 0.15) is 27.8 Å². The number of rotatable bonds is 3. The molecule has 0 saturated heterocycles. The predicted molar refractivity (Wildman–Crippen MR) is 122 cm³/mol. The molecule has 1 aliphatic carbocycles. The van der Waals surface area contributed by atoms with Gasteiger partial charge in [0, 0.05) is 0 Å². The molecule has 0 fully saturated rings. The molecule has 0 atom stereocenters.